The van der Waals surface area contributed by atoms with Gasteiger partial charge in [0.1, 0.15) is 5.75 Å². The standard InChI is InChI=1S/C15H20ClN3O2/c1-21-14-5-4-11(16)9-13(14)17-15(20)19-8-7-18-6-2-3-12(18)10-19/h4-5,9,12H,2-3,6-8,10H2,1H3,(H,17,20)/t12-/m1/s1. The highest BCUT2D eigenvalue weighted by Gasteiger charge is 2.32. The van der Waals surface area contributed by atoms with E-state index in [1.807, 2.05) is 4.90 Å². The maximum absolute atomic E-state index is 12.4. The summed E-state index contributed by atoms with van der Waals surface area (Å²) in [4.78, 5) is 16.8. The van der Waals surface area contributed by atoms with E-state index in [0.29, 0.717) is 22.5 Å². The number of amides is 2. The molecule has 0 radical (unpaired) electrons. The van der Waals surface area contributed by atoms with Crippen molar-refractivity contribution in [2.24, 2.45) is 0 Å². The van der Waals surface area contributed by atoms with Gasteiger partial charge in [-0.2, -0.15) is 0 Å². The van der Waals surface area contributed by atoms with Crippen LogP contribution in [0.15, 0.2) is 18.2 Å². The van der Waals surface area contributed by atoms with E-state index in [-0.39, 0.29) is 6.03 Å². The Bertz CT molecular complexity index is 538. The molecule has 114 valence electrons. The molecular weight excluding hydrogens is 290 g/mol. The smallest absolute Gasteiger partial charge is 0.322 e. The lowest BCUT2D eigenvalue weighted by Gasteiger charge is -2.37. The molecule has 0 aromatic heterocycles. The van der Waals surface area contributed by atoms with Gasteiger partial charge in [-0.3, -0.25) is 4.90 Å². The van der Waals surface area contributed by atoms with E-state index in [2.05, 4.69) is 10.2 Å². The molecule has 0 bridgehead atoms. The first-order valence-corrected chi connectivity index (χ1v) is 7.68. The van der Waals surface area contributed by atoms with E-state index in [4.69, 9.17) is 16.3 Å². The third-order valence-electron chi connectivity index (χ3n) is 4.28. The van der Waals surface area contributed by atoms with Crippen molar-refractivity contribution < 1.29 is 9.53 Å². The van der Waals surface area contributed by atoms with Crippen molar-refractivity contribution in [3.63, 3.8) is 0 Å². The molecule has 2 saturated heterocycles. The number of fused-ring (bicyclic) bond motifs is 1. The Morgan fingerprint density at radius 3 is 3.05 bits per heavy atom. The number of anilines is 1. The summed E-state index contributed by atoms with van der Waals surface area (Å²) >= 11 is 5.99. The van der Waals surface area contributed by atoms with Crippen molar-refractivity contribution in [3.8, 4) is 5.75 Å². The normalized spacial score (nSPS) is 22.0. The maximum atomic E-state index is 12.4. The first kappa shape index (κ1) is 14.5. The van der Waals surface area contributed by atoms with Gasteiger partial charge >= 0.3 is 6.03 Å². The largest absolute Gasteiger partial charge is 0.495 e. The number of methoxy groups -OCH3 is 1. The molecule has 1 aromatic rings. The van der Waals surface area contributed by atoms with Gasteiger partial charge in [0.25, 0.3) is 0 Å². The van der Waals surface area contributed by atoms with Crippen LogP contribution in [0.3, 0.4) is 0 Å². The predicted molar refractivity (Wildman–Crippen MR) is 83.2 cm³/mol. The maximum Gasteiger partial charge on any atom is 0.322 e. The molecule has 2 fully saturated rings. The third kappa shape index (κ3) is 3.09. The van der Waals surface area contributed by atoms with Crippen molar-refractivity contribution >= 4 is 23.3 Å². The molecule has 0 aliphatic carbocycles. The number of carbonyl (C=O) groups is 1. The summed E-state index contributed by atoms with van der Waals surface area (Å²) in [5.41, 5.74) is 0.615. The minimum atomic E-state index is -0.0814. The van der Waals surface area contributed by atoms with Crippen LogP contribution in [-0.4, -0.2) is 55.2 Å². The minimum Gasteiger partial charge on any atom is -0.495 e. The van der Waals surface area contributed by atoms with E-state index in [0.717, 1.165) is 19.6 Å². The van der Waals surface area contributed by atoms with Gasteiger partial charge in [0, 0.05) is 30.7 Å². The SMILES string of the molecule is COc1ccc(Cl)cc1NC(=O)N1CCN2CCC[C@@H]2C1. The lowest BCUT2D eigenvalue weighted by molar-refractivity contribution is 0.124. The van der Waals surface area contributed by atoms with Gasteiger partial charge in [-0.15, -0.1) is 0 Å². The Labute approximate surface area is 129 Å². The second kappa shape index (κ2) is 6.12. The second-order valence-corrected chi connectivity index (χ2v) is 5.99. The van der Waals surface area contributed by atoms with Crippen LogP contribution < -0.4 is 10.1 Å². The van der Waals surface area contributed by atoms with Crippen molar-refractivity contribution in [1.29, 1.82) is 0 Å². The van der Waals surface area contributed by atoms with Gasteiger partial charge in [0.05, 0.1) is 12.8 Å². The molecule has 2 aliphatic heterocycles. The summed E-state index contributed by atoms with van der Waals surface area (Å²) in [5.74, 6) is 0.618. The molecule has 2 amide bonds. The van der Waals surface area contributed by atoms with Crippen LogP contribution in [0.4, 0.5) is 10.5 Å². The van der Waals surface area contributed by atoms with E-state index in [1.54, 1.807) is 25.3 Å². The minimum absolute atomic E-state index is 0.0814. The summed E-state index contributed by atoms with van der Waals surface area (Å²) < 4.78 is 5.26. The summed E-state index contributed by atoms with van der Waals surface area (Å²) in [6.45, 7) is 3.70. The lowest BCUT2D eigenvalue weighted by Crippen LogP contribution is -2.53. The van der Waals surface area contributed by atoms with E-state index < -0.39 is 0 Å². The van der Waals surface area contributed by atoms with Crippen LogP contribution in [0.1, 0.15) is 12.8 Å². The van der Waals surface area contributed by atoms with Gasteiger partial charge in [-0.1, -0.05) is 11.6 Å². The Hall–Kier alpha value is -1.46. The molecule has 1 atom stereocenters. The zero-order valence-corrected chi connectivity index (χ0v) is 12.9. The van der Waals surface area contributed by atoms with Gasteiger partial charge in [0.15, 0.2) is 0 Å². The van der Waals surface area contributed by atoms with Gasteiger partial charge in [-0.05, 0) is 37.6 Å². The molecule has 0 spiro atoms. The van der Waals surface area contributed by atoms with Crippen LogP contribution in [0.25, 0.3) is 0 Å². The molecule has 1 aromatic carbocycles. The zero-order valence-electron chi connectivity index (χ0n) is 12.1. The average Bonchev–Trinajstić information content (AvgIpc) is 2.94. The number of rotatable bonds is 2. The van der Waals surface area contributed by atoms with Gasteiger partial charge in [0.2, 0.25) is 0 Å². The fourth-order valence-electron chi connectivity index (χ4n) is 3.15. The number of nitrogens with zero attached hydrogens (tertiary/aromatic N) is 2. The zero-order chi connectivity index (χ0) is 14.8. The molecule has 5 nitrogen and oxygen atoms in total. The summed E-state index contributed by atoms with van der Waals surface area (Å²) in [7, 11) is 1.58. The number of carbonyl (C=O) groups excluding carboxylic acids is 1. The summed E-state index contributed by atoms with van der Waals surface area (Å²) in [5, 5.41) is 3.49. The van der Waals surface area contributed by atoms with Crippen LogP contribution in [-0.2, 0) is 0 Å². The first-order chi connectivity index (χ1) is 10.2. The Morgan fingerprint density at radius 1 is 1.38 bits per heavy atom. The average molecular weight is 310 g/mol. The van der Waals surface area contributed by atoms with Gasteiger partial charge < -0.3 is 15.0 Å². The molecule has 6 heteroatoms. The van der Waals surface area contributed by atoms with Crippen molar-refractivity contribution in [2.75, 3.05) is 38.6 Å². The molecule has 1 N–H and O–H groups in total. The lowest BCUT2D eigenvalue weighted by atomic mass is 10.1. The number of hydrogen-bond donors (Lipinski definition) is 1. The highest BCUT2D eigenvalue weighted by molar-refractivity contribution is 6.31. The monoisotopic (exact) mass is 309 g/mol. The number of benzene rings is 1. The Balaban J connectivity index is 1.67. The van der Waals surface area contributed by atoms with Gasteiger partial charge in [-0.25, -0.2) is 4.79 Å². The first-order valence-electron chi connectivity index (χ1n) is 7.31. The topological polar surface area (TPSA) is 44.8 Å². The quantitative estimate of drug-likeness (QED) is 0.913. The number of nitrogens with one attached hydrogen (secondary N) is 1. The van der Waals surface area contributed by atoms with Crippen molar-refractivity contribution in [3.05, 3.63) is 23.2 Å². The van der Waals surface area contributed by atoms with E-state index >= 15 is 0 Å². The van der Waals surface area contributed by atoms with E-state index in [1.165, 1.54) is 19.4 Å². The third-order valence-corrected chi connectivity index (χ3v) is 4.51. The number of ether oxygens (including phenoxy) is 1. The fourth-order valence-corrected chi connectivity index (χ4v) is 3.32. The number of halogens is 1. The number of urea groups is 1. The number of hydrogen-bond acceptors (Lipinski definition) is 3. The second-order valence-electron chi connectivity index (χ2n) is 5.55. The predicted octanol–water partition coefficient (Wildman–Crippen LogP) is 2.66. The number of piperazine rings is 1. The molecular formula is C15H20ClN3O2. The highest BCUT2D eigenvalue weighted by Crippen LogP contribution is 2.28. The summed E-state index contributed by atoms with van der Waals surface area (Å²) in [6.07, 6.45) is 2.42. The van der Waals surface area contributed by atoms with Crippen LogP contribution in [0.5, 0.6) is 5.75 Å². The molecule has 0 saturated carbocycles. The fraction of sp³-hybridized carbons (Fsp3) is 0.533. The molecule has 2 heterocycles. The molecule has 2 aliphatic rings. The van der Waals surface area contributed by atoms with Crippen LogP contribution >= 0.6 is 11.6 Å². The van der Waals surface area contributed by atoms with Crippen LogP contribution in [0.2, 0.25) is 5.02 Å². The van der Waals surface area contributed by atoms with E-state index in [9.17, 15) is 4.79 Å². The summed E-state index contributed by atoms with van der Waals surface area (Å²) in [6, 6.07) is 5.65. The van der Waals surface area contributed by atoms with Crippen LogP contribution in [0, 0.1) is 0 Å². The molecule has 3 rings (SSSR count). The Morgan fingerprint density at radius 2 is 2.24 bits per heavy atom. The molecule has 0 unspecified atom stereocenters. The van der Waals surface area contributed by atoms with Crippen molar-refractivity contribution in [1.82, 2.24) is 9.80 Å². The van der Waals surface area contributed by atoms with Crippen molar-refractivity contribution in [2.45, 2.75) is 18.9 Å². The Kier molecular flexibility index (Phi) is 4.22. The molecule has 21 heavy (non-hydrogen) atoms. The highest BCUT2D eigenvalue weighted by atomic mass is 35.5.